The van der Waals surface area contributed by atoms with E-state index in [0.29, 0.717) is 25.9 Å². The maximum Gasteiger partial charge on any atom is 0.245 e. The van der Waals surface area contributed by atoms with E-state index in [1.807, 2.05) is 68.4 Å². The van der Waals surface area contributed by atoms with Crippen molar-refractivity contribution in [1.29, 1.82) is 0 Å². The highest BCUT2D eigenvalue weighted by Crippen LogP contribution is 2.29. The van der Waals surface area contributed by atoms with E-state index in [0.717, 1.165) is 49.5 Å². The molecule has 0 spiro atoms. The first-order valence-corrected chi connectivity index (χ1v) is 16.6. The number of Topliss-reactive ketones (excluding diaryl/α,β-unsaturated/α-hetero) is 1. The van der Waals surface area contributed by atoms with Crippen molar-refractivity contribution in [1.82, 2.24) is 20.9 Å². The number of ketones is 1. The van der Waals surface area contributed by atoms with Gasteiger partial charge in [-0.15, -0.1) is 0 Å². The number of ether oxygens (including phenoxy) is 3. The number of hydrogen-bond acceptors (Lipinski definition) is 8. The first-order chi connectivity index (χ1) is 22.6. The van der Waals surface area contributed by atoms with E-state index in [1.165, 1.54) is 7.11 Å². The fourth-order valence-corrected chi connectivity index (χ4v) is 5.65. The van der Waals surface area contributed by atoms with Crippen molar-refractivity contribution in [2.45, 2.75) is 76.7 Å². The van der Waals surface area contributed by atoms with E-state index in [9.17, 15) is 19.2 Å². The van der Waals surface area contributed by atoms with Crippen molar-refractivity contribution in [3.05, 3.63) is 71.3 Å². The summed E-state index contributed by atoms with van der Waals surface area (Å²) in [7, 11) is 1.43. The Labute approximate surface area is 278 Å². The normalized spacial score (nSPS) is 19.8. The topological polar surface area (TPSA) is 139 Å². The van der Waals surface area contributed by atoms with E-state index in [1.54, 1.807) is 6.92 Å². The van der Waals surface area contributed by atoms with Gasteiger partial charge in [-0.25, -0.2) is 0 Å². The maximum atomic E-state index is 13.7. The van der Waals surface area contributed by atoms with Crippen molar-refractivity contribution in [3.63, 3.8) is 0 Å². The van der Waals surface area contributed by atoms with Crippen molar-refractivity contribution in [3.8, 4) is 0 Å². The van der Waals surface area contributed by atoms with Gasteiger partial charge in [0, 0.05) is 26.7 Å². The first kappa shape index (κ1) is 36.2. The number of epoxide rings is 1. The number of methoxy groups -OCH3 is 1. The zero-order valence-electron chi connectivity index (χ0n) is 28.1. The Hall–Kier alpha value is -3.64. The second-order valence-electron chi connectivity index (χ2n) is 13.1. The largest absolute Gasteiger partial charge is 0.382 e. The van der Waals surface area contributed by atoms with Gasteiger partial charge in [-0.3, -0.25) is 24.1 Å². The number of carbonyl (C=O) groups excluding carboxylic acids is 4. The van der Waals surface area contributed by atoms with E-state index in [2.05, 4.69) is 20.9 Å². The standard InChI is InChI=1S/C36H50N4O7/c1-25(2)20-30(33(42)36(3)24-47-36)38-35(44)31(23-45-4)39-34(43)29(15-14-26-8-6-5-7-9-26)37-32(41)21-27-10-12-28(13-11-27)22-40-16-18-46-19-17-40/h5-13,25,29-31H,14-24H2,1-4H3,(H,37,41)(H,38,44)(H,39,43)/t29-,30-,31-,36?/m0/s1. The Balaban J connectivity index is 1.40. The molecule has 0 bridgehead atoms. The third kappa shape index (κ3) is 11.5. The molecule has 2 aromatic rings. The number of amides is 3. The minimum absolute atomic E-state index is 0.106. The molecule has 2 saturated heterocycles. The Bertz CT molecular complexity index is 1320. The van der Waals surface area contributed by atoms with Crippen LogP contribution in [0, 0.1) is 5.92 Å². The second kappa shape index (κ2) is 17.5. The molecule has 2 aliphatic rings. The predicted molar refractivity (Wildman–Crippen MR) is 177 cm³/mol. The Kier molecular flexibility index (Phi) is 13.5. The molecule has 2 aromatic carbocycles. The minimum atomic E-state index is -1.07. The van der Waals surface area contributed by atoms with Gasteiger partial charge in [-0.1, -0.05) is 68.4 Å². The molecule has 256 valence electrons. The zero-order valence-corrected chi connectivity index (χ0v) is 28.1. The Morgan fingerprint density at radius 3 is 2.09 bits per heavy atom. The summed E-state index contributed by atoms with van der Waals surface area (Å²) < 4.78 is 16.0. The lowest BCUT2D eigenvalue weighted by molar-refractivity contribution is -0.135. The van der Waals surface area contributed by atoms with Gasteiger partial charge >= 0.3 is 0 Å². The number of morpholine rings is 1. The zero-order chi connectivity index (χ0) is 33.8. The number of nitrogens with one attached hydrogen (secondary N) is 3. The summed E-state index contributed by atoms with van der Waals surface area (Å²) in [5, 5.41) is 8.50. The minimum Gasteiger partial charge on any atom is -0.382 e. The van der Waals surface area contributed by atoms with Crippen LogP contribution in [-0.4, -0.2) is 98.8 Å². The van der Waals surface area contributed by atoms with Crippen LogP contribution >= 0.6 is 0 Å². The molecule has 4 rings (SSSR count). The summed E-state index contributed by atoms with van der Waals surface area (Å²) in [5.74, 6) is -1.39. The molecule has 11 nitrogen and oxygen atoms in total. The van der Waals surface area contributed by atoms with Crippen LogP contribution < -0.4 is 16.0 Å². The molecule has 2 heterocycles. The van der Waals surface area contributed by atoms with E-state index in [-0.39, 0.29) is 30.6 Å². The van der Waals surface area contributed by atoms with E-state index >= 15 is 0 Å². The Morgan fingerprint density at radius 1 is 0.851 bits per heavy atom. The monoisotopic (exact) mass is 650 g/mol. The first-order valence-electron chi connectivity index (χ1n) is 16.6. The average Bonchev–Trinajstić information content (AvgIpc) is 3.81. The van der Waals surface area contributed by atoms with Crippen LogP contribution in [0.5, 0.6) is 0 Å². The third-order valence-corrected chi connectivity index (χ3v) is 8.52. The molecular formula is C36H50N4O7. The highest BCUT2D eigenvalue weighted by Gasteiger charge is 2.50. The molecule has 11 heteroatoms. The summed E-state index contributed by atoms with van der Waals surface area (Å²) in [6.07, 6.45) is 1.40. The van der Waals surface area contributed by atoms with Crippen molar-refractivity contribution in [2.24, 2.45) is 5.92 Å². The van der Waals surface area contributed by atoms with Gasteiger partial charge in [0.2, 0.25) is 17.7 Å². The number of aryl methyl sites for hydroxylation is 1. The number of carbonyl (C=O) groups is 4. The number of benzene rings is 2. The number of rotatable bonds is 18. The predicted octanol–water partition coefficient (Wildman–Crippen LogP) is 2.20. The second-order valence-corrected chi connectivity index (χ2v) is 13.1. The van der Waals surface area contributed by atoms with Gasteiger partial charge in [0.15, 0.2) is 5.78 Å². The Morgan fingerprint density at radius 2 is 1.47 bits per heavy atom. The van der Waals surface area contributed by atoms with Gasteiger partial charge in [-0.2, -0.15) is 0 Å². The summed E-state index contributed by atoms with van der Waals surface area (Å²) in [6.45, 7) is 9.95. The molecule has 2 fully saturated rings. The third-order valence-electron chi connectivity index (χ3n) is 8.52. The van der Waals surface area contributed by atoms with Crippen molar-refractivity contribution >= 4 is 23.5 Å². The molecule has 0 saturated carbocycles. The quantitative estimate of drug-likeness (QED) is 0.209. The maximum absolute atomic E-state index is 13.7. The molecular weight excluding hydrogens is 600 g/mol. The summed E-state index contributed by atoms with van der Waals surface area (Å²) in [6, 6.07) is 14.9. The van der Waals surface area contributed by atoms with Crippen LogP contribution in [0.15, 0.2) is 54.6 Å². The number of hydrogen-bond donors (Lipinski definition) is 3. The average molecular weight is 651 g/mol. The molecule has 0 aromatic heterocycles. The van der Waals surface area contributed by atoms with Gasteiger partial charge in [0.05, 0.1) is 38.9 Å². The molecule has 1 unspecified atom stereocenters. The van der Waals surface area contributed by atoms with Crippen molar-refractivity contribution in [2.75, 3.05) is 46.6 Å². The lowest BCUT2D eigenvalue weighted by Gasteiger charge is -2.26. The fourth-order valence-electron chi connectivity index (χ4n) is 5.65. The molecule has 3 amide bonds. The van der Waals surface area contributed by atoms with Crippen LogP contribution in [-0.2, 0) is 52.8 Å². The van der Waals surface area contributed by atoms with Crippen LogP contribution in [0.2, 0.25) is 0 Å². The highest BCUT2D eigenvalue weighted by molar-refractivity contribution is 5.98. The van der Waals surface area contributed by atoms with E-state index in [4.69, 9.17) is 14.2 Å². The summed E-state index contributed by atoms with van der Waals surface area (Å²) in [4.78, 5) is 55.8. The molecule has 3 N–H and O–H groups in total. The van der Waals surface area contributed by atoms with Gasteiger partial charge in [0.1, 0.15) is 17.7 Å². The van der Waals surface area contributed by atoms with Gasteiger partial charge in [0.25, 0.3) is 0 Å². The fraction of sp³-hybridized carbons (Fsp3) is 0.556. The van der Waals surface area contributed by atoms with Crippen LogP contribution in [0.25, 0.3) is 0 Å². The molecule has 4 atom stereocenters. The SMILES string of the molecule is COC[C@H](NC(=O)[C@H](CCc1ccccc1)NC(=O)Cc1ccc(CN2CCOCC2)cc1)C(=O)N[C@@H](CC(C)C)C(=O)C1(C)CO1. The molecule has 0 aliphatic carbocycles. The molecule has 0 radical (unpaired) electrons. The summed E-state index contributed by atoms with van der Waals surface area (Å²) in [5.41, 5.74) is 2.12. The number of nitrogens with zero attached hydrogens (tertiary/aromatic N) is 1. The highest BCUT2D eigenvalue weighted by atomic mass is 16.6. The van der Waals surface area contributed by atoms with Crippen LogP contribution in [0.3, 0.4) is 0 Å². The van der Waals surface area contributed by atoms with Crippen LogP contribution in [0.1, 0.15) is 50.3 Å². The lowest BCUT2D eigenvalue weighted by atomic mass is 9.93. The van der Waals surface area contributed by atoms with E-state index < -0.39 is 35.5 Å². The summed E-state index contributed by atoms with van der Waals surface area (Å²) >= 11 is 0. The van der Waals surface area contributed by atoms with Gasteiger partial charge in [-0.05, 0) is 48.8 Å². The van der Waals surface area contributed by atoms with Crippen LogP contribution in [0.4, 0.5) is 0 Å². The van der Waals surface area contributed by atoms with Crippen molar-refractivity contribution < 1.29 is 33.4 Å². The molecule has 2 aliphatic heterocycles. The lowest BCUT2D eigenvalue weighted by Crippen LogP contribution is -2.58. The van der Waals surface area contributed by atoms with Gasteiger partial charge < -0.3 is 30.2 Å². The molecule has 47 heavy (non-hydrogen) atoms. The smallest absolute Gasteiger partial charge is 0.245 e.